The smallest absolute Gasteiger partial charge is 0.191 e. The number of aliphatic imine (C=N–C) groups is 1. The molecule has 1 heterocycles. The molecule has 2 aromatic rings. The van der Waals surface area contributed by atoms with E-state index in [0.29, 0.717) is 12.6 Å². The Labute approximate surface area is 138 Å². The van der Waals surface area contributed by atoms with Gasteiger partial charge in [0.2, 0.25) is 0 Å². The minimum absolute atomic E-state index is 0.419. The van der Waals surface area contributed by atoms with E-state index < -0.39 is 0 Å². The van der Waals surface area contributed by atoms with Gasteiger partial charge in [-0.15, -0.1) is 0 Å². The molecule has 124 valence electrons. The summed E-state index contributed by atoms with van der Waals surface area (Å²) in [5, 5.41) is 11.1. The second-order valence-electron chi connectivity index (χ2n) is 5.53. The van der Waals surface area contributed by atoms with Crippen LogP contribution in [0.5, 0.6) is 0 Å². The van der Waals surface area contributed by atoms with Gasteiger partial charge in [-0.2, -0.15) is 0 Å². The minimum atomic E-state index is 0.419. The van der Waals surface area contributed by atoms with E-state index in [1.54, 1.807) is 0 Å². The van der Waals surface area contributed by atoms with Crippen LogP contribution in [0.1, 0.15) is 27.2 Å². The molecule has 5 nitrogen and oxygen atoms in total. The third kappa shape index (κ3) is 5.43. The van der Waals surface area contributed by atoms with Crippen molar-refractivity contribution in [1.82, 2.24) is 15.6 Å². The zero-order chi connectivity index (χ0) is 16.5. The van der Waals surface area contributed by atoms with Gasteiger partial charge in [0.05, 0.1) is 12.1 Å². The Kier molecular flexibility index (Phi) is 6.66. The molecule has 3 N–H and O–H groups in total. The van der Waals surface area contributed by atoms with Crippen molar-refractivity contribution in [3.63, 3.8) is 0 Å². The number of hydrogen-bond acceptors (Lipinski definition) is 3. The van der Waals surface area contributed by atoms with Crippen molar-refractivity contribution in [2.24, 2.45) is 4.99 Å². The number of aromatic nitrogens is 1. The van der Waals surface area contributed by atoms with E-state index in [1.807, 2.05) is 24.3 Å². The fourth-order valence-corrected chi connectivity index (χ4v) is 2.17. The molecule has 0 amide bonds. The zero-order valence-corrected chi connectivity index (χ0v) is 14.3. The molecule has 0 saturated heterocycles. The van der Waals surface area contributed by atoms with Crippen molar-refractivity contribution in [2.45, 2.75) is 33.2 Å². The van der Waals surface area contributed by atoms with Crippen LogP contribution in [0, 0.1) is 0 Å². The lowest BCUT2D eigenvalue weighted by Gasteiger charge is -2.16. The van der Waals surface area contributed by atoms with Gasteiger partial charge in [0.15, 0.2) is 5.96 Å². The molecule has 5 heteroatoms. The number of fused-ring (bicyclic) bond motifs is 1. The first-order valence-electron chi connectivity index (χ1n) is 8.37. The van der Waals surface area contributed by atoms with Crippen LogP contribution in [0.2, 0.25) is 0 Å². The van der Waals surface area contributed by atoms with Crippen molar-refractivity contribution >= 4 is 22.7 Å². The van der Waals surface area contributed by atoms with Crippen molar-refractivity contribution < 1.29 is 0 Å². The topological polar surface area (TPSA) is 61.3 Å². The first kappa shape index (κ1) is 17.1. The van der Waals surface area contributed by atoms with Crippen molar-refractivity contribution in [3.05, 3.63) is 36.4 Å². The second kappa shape index (κ2) is 8.98. The van der Waals surface area contributed by atoms with Crippen LogP contribution in [-0.2, 0) is 0 Å². The first-order valence-corrected chi connectivity index (χ1v) is 8.37. The number of rotatable bonds is 7. The molecule has 0 spiro atoms. The summed E-state index contributed by atoms with van der Waals surface area (Å²) < 4.78 is 0. The van der Waals surface area contributed by atoms with E-state index in [2.05, 4.69) is 58.8 Å². The summed E-state index contributed by atoms with van der Waals surface area (Å²) >= 11 is 0. The van der Waals surface area contributed by atoms with E-state index in [-0.39, 0.29) is 0 Å². The largest absolute Gasteiger partial charge is 0.368 e. The average Bonchev–Trinajstić information content (AvgIpc) is 2.58. The maximum absolute atomic E-state index is 4.60. The molecule has 1 atom stereocenters. The Morgan fingerprint density at radius 2 is 2.00 bits per heavy atom. The van der Waals surface area contributed by atoms with Crippen LogP contribution in [0.25, 0.3) is 10.9 Å². The number of para-hydroxylation sites is 1. The zero-order valence-electron chi connectivity index (χ0n) is 14.3. The Balaban J connectivity index is 1.87. The van der Waals surface area contributed by atoms with E-state index in [1.165, 1.54) is 0 Å². The van der Waals surface area contributed by atoms with E-state index in [9.17, 15) is 0 Å². The molecule has 23 heavy (non-hydrogen) atoms. The van der Waals surface area contributed by atoms with Gasteiger partial charge in [0, 0.05) is 24.5 Å². The van der Waals surface area contributed by atoms with Crippen LogP contribution in [0.15, 0.2) is 41.4 Å². The molecule has 0 aliphatic heterocycles. The minimum Gasteiger partial charge on any atom is -0.368 e. The lowest BCUT2D eigenvalue weighted by atomic mass is 10.2. The van der Waals surface area contributed by atoms with E-state index >= 15 is 0 Å². The lowest BCUT2D eigenvalue weighted by Crippen LogP contribution is -2.42. The molecular weight excluding hydrogens is 286 g/mol. The summed E-state index contributed by atoms with van der Waals surface area (Å²) in [5.41, 5.74) is 1.01. The van der Waals surface area contributed by atoms with Gasteiger partial charge in [-0.1, -0.05) is 25.1 Å². The fourth-order valence-electron chi connectivity index (χ4n) is 2.17. The van der Waals surface area contributed by atoms with Crippen LogP contribution in [0.4, 0.5) is 5.82 Å². The van der Waals surface area contributed by atoms with Gasteiger partial charge in [-0.05, 0) is 38.5 Å². The maximum Gasteiger partial charge on any atom is 0.191 e. The summed E-state index contributed by atoms with van der Waals surface area (Å²) in [4.78, 5) is 9.18. The van der Waals surface area contributed by atoms with Crippen molar-refractivity contribution in [2.75, 3.05) is 25.0 Å². The molecule has 1 aromatic carbocycles. The van der Waals surface area contributed by atoms with E-state index in [0.717, 1.165) is 42.2 Å². The highest BCUT2D eigenvalue weighted by Crippen LogP contribution is 2.14. The van der Waals surface area contributed by atoms with Gasteiger partial charge >= 0.3 is 0 Å². The fraction of sp³-hybridized carbons (Fsp3) is 0.444. The summed E-state index contributed by atoms with van der Waals surface area (Å²) in [6.45, 7) is 8.70. The molecule has 0 aliphatic carbocycles. The SMILES string of the molecule is CCNC(=NCCNc1ccc2ccccc2n1)NC(C)CC. The summed E-state index contributed by atoms with van der Waals surface area (Å²) in [6, 6.07) is 12.6. The van der Waals surface area contributed by atoms with Crippen molar-refractivity contribution in [3.8, 4) is 0 Å². The van der Waals surface area contributed by atoms with Crippen LogP contribution >= 0.6 is 0 Å². The Bertz CT molecular complexity index is 638. The number of benzene rings is 1. The second-order valence-corrected chi connectivity index (χ2v) is 5.53. The molecule has 0 bridgehead atoms. The number of anilines is 1. The predicted molar refractivity (Wildman–Crippen MR) is 99.1 cm³/mol. The average molecular weight is 313 g/mol. The maximum atomic E-state index is 4.60. The Morgan fingerprint density at radius 3 is 2.78 bits per heavy atom. The lowest BCUT2D eigenvalue weighted by molar-refractivity contribution is 0.625. The number of hydrogen-bond donors (Lipinski definition) is 3. The monoisotopic (exact) mass is 313 g/mol. The highest BCUT2D eigenvalue weighted by Gasteiger charge is 2.02. The highest BCUT2D eigenvalue weighted by atomic mass is 15.2. The van der Waals surface area contributed by atoms with Gasteiger partial charge in [-0.3, -0.25) is 4.99 Å². The molecular formula is C18H27N5. The van der Waals surface area contributed by atoms with Gasteiger partial charge in [-0.25, -0.2) is 4.98 Å². The summed E-state index contributed by atoms with van der Waals surface area (Å²) in [7, 11) is 0. The Hall–Kier alpha value is -2.30. The van der Waals surface area contributed by atoms with Crippen LogP contribution in [-0.4, -0.2) is 36.6 Å². The molecule has 0 aliphatic rings. The third-order valence-corrected chi connectivity index (χ3v) is 3.63. The quantitative estimate of drug-likeness (QED) is 0.418. The first-order chi connectivity index (χ1) is 11.2. The molecule has 1 unspecified atom stereocenters. The van der Waals surface area contributed by atoms with Crippen LogP contribution < -0.4 is 16.0 Å². The normalized spacial score (nSPS) is 12.9. The predicted octanol–water partition coefficient (Wildman–Crippen LogP) is 3.00. The number of guanidine groups is 1. The highest BCUT2D eigenvalue weighted by molar-refractivity contribution is 5.80. The number of nitrogens with zero attached hydrogens (tertiary/aromatic N) is 2. The van der Waals surface area contributed by atoms with Gasteiger partial charge in [0.1, 0.15) is 5.82 Å². The molecule has 0 radical (unpaired) electrons. The standard InChI is InChI=1S/C18H27N5/c1-4-14(3)22-18(19-5-2)21-13-12-20-17-11-10-15-8-6-7-9-16(15)23-17/h6-11,14H,4-5,12-13H2,1-3H3,(H,20,23)(H2,19,21,22). The third-order valence-electron chi connectivity index (χ3n) is 3.63. The summed E-state index contributed by atoms with van der Waals surface area (Å²) in [6.07, 6.45) is 1.07. The molecule has 1 aromatic heterocycles. The molecule has 0 fully saturated rings. The Morgan fingerprint density at radius 1 is 1.17 bits per heavy atom. The van der Waals surface area contributed by atoms with Gasteiger partial charge in [0.25, 0.3) is 0 Å². The van der Waals surface area contributed by atoms with E-state index in [4.69, 9.17) is 0 Å². The van der Waals surface area contributed by atoms with Crippen molar-refractivity contribution in [1.29, 1.82) is 0 Å². The number of nitrogens with one attached hydrogen (secondary N) is 3. The molecule has 2 rings (SSSR count). The molecule has 0 saturated carbocycles. The van der Waals surface area contributed by atoms with Gasteiger partial charge < -0.3 is 16.0 Å². The number of pyridine rings is 1. The van der Waals surface area contributed by atoms with Crippen LogP contribution in [0.3, 0.4) is 0 Å². The summed E-state index contributed by atoms with van der Waals surface area (Å²) in [5.74, 6) is 1.76.